The molecular formula is C12H18ClNO. The summed E-state index contributed by atoms with van der Waals surface area (Å²) in [6, 6.07) is 6.03. The van der Waals surface area contributed by atoms with E-state index < -0.39 is 0 Å². The smallest absolute Gasteiger partial charge is 0.0735 e. The van der Waals surface area contributed by atoms with Crippen molar-refractivity contribution >= 4 is 11.6 Å². The number of halogens is 1. The van der Waals surface area contributed by atoms with Gasteiger partial charge in [0, 0.05) is 11.6 Å². The van der Waals surface area contributed by atoms with Gasteiger partial charge in [0.25, 0.3) is 0 Å². The zero-order valence-electron chi connectivity index (χ0n) is 9.51. The van der Waals surface area contributed by atoms with Gasteiger partial charge in [-0.1, -0.05) is 23.7 Å². The molecule has 0 heterocycles. The summed E-state index contributed by atoms with van der Waals surface area (Å²) in [6.45, 7) is 5.49. The number of hydrogen-bond donors (Lipinski definition) is 1. The van der Waals surface area contributed by atoms with Crippen LogP contribution in [0.2, 0.25) is 5.02 Å². The molecular weight excluding hydrogens is 210 g/mol. The van der Waals surface area contributed by atoms with Crippen molar-refractivity contribution in [2.24, 2.45) is 0 Å². The van der Waals surface area contributed by atoms with Gasteiger partial charge < -0.3 is 10.1 Å². The summed E-state index contributed by atoms with van der Waals surface area (Å²) >= 11 is 6.09. The quantitative estimate of drug-likeness (QED) is 0.835. The predicted molar refractivity (Wildman–Crippen MR) is 64.4 cm³/mol. The predicted octanol–water partition coefficient (Wildman–Crippen LogP) is 2.77. The van der Waals surface area contributed by atoms with Crippen molar-refractivity contribution < 1.29 is 4.74 Å². The first-order chi connectivity index (χ1) is 7.13. The third-order valence-corrected chi connectivity index (χ3v) is 2.58. The molecule has 3 heteroatoms. The Bertz CT molecular complexity index is 314. The Labute approximate surface area is 96.6 Å². The topological polar surface area (TPSA) is 21.3 Å². The highest BCUT2D eigenvalue weighted by Crippen LogP contribution is 2.18. The molecule has 0 aliphatic rings. The number of likely N-dealkylation sites (N-methyl/N-ethyl adjacent to an activating group) is 1. The molecule has 15 heavy (non-hydrogen) atoms. The maximum Gasteiger partial charge on any atom is 0.0735 e. The molecule has 84 valence electrons. The SMILES string of the molecule is CNCC(C)OCc1ccc(C)cc1Cl. The van der Waals surface area contributed by atoms with Crippen LogP contribution in [-0.2, 0) is 11.3 Å². The maximum absolute atomic E-state index is 6.09. The van der Waals surface area contributed by atoms with Crippen molar-refractivity contribution in [2.75, 3.05) is 13.6 Å². The van der Waals surface area contributed by atoms with E-state index in [1.54, 1.807) is 0 Å². The van der Waals surface area contributed by atoms with Gasteiger partial charge in [0.15, 0.2) is 0 Å². The number of nitrogens with one attached hydrogen (secondary N) is 1. The van der Waals surface area contributed by atoms with E-state index in [2.05, 4.69) is 5.32 Å². The highest BCUT2D eigenvalue weighted by molar-refractivity contribution is 6.31. The minimum Gasteiger partial charge on any atom is -0.372 e. The van der Waals surface area contributed by atoms with Crippen LogP contribution in [0.25, 0.3) is 0 Å². The van der Waals surface area contributed by atoms with Gasteiger partial charge in [-0.2, -0.15) is 0 Å². The zero-order chi connectivity index (χ0) is 11.3. The molecule has 0 saturated carbocycles. The molecule has 0 amide bonds. The van der Waals surface area contributed by atoms with Crippen molar-refractivity contribution in [3.63, 3.8) is 0 Å². The largest absolute Gasteiger partial charge is 0.372 e. The zero-order valence-corrected chi connectivity index (χ0v) is 10.3. The van der Waals surface area contributed by atoms with Crippen LogP contribution in [0.3, 0.4) is 0 Å². The van der Waals surface area contributed by atoms with Crippen molar-refractivity contribution in [3.05, 3.63) is 34.3 Å². The van der Waals surface area contributed by atoms with Crippen LogP contribution in [0, 0.1) is 6.92 Å². The van der Waals surface area contributed by atoms with Gasteiger partial charge in [0.05, 0.1) is 12.7 Å². The molecule has 0 radical (unpaired) electrons. The van der Waals surface area contributed by atoms with Crippen LogP contribution in [0.5, 0.6) is 0 Å². The van der Waals surface area contributed by atoms with E-state index in [1.165, 1.54) is 5.56 Å². The highest BCUT2D eigenvalue weighted by Gasteiger charge is 2.04. The van der Waals surface area contributed by atoms with E-state index >= 15 is 0 Å². The fourth-order valence-corrected chi connectivity index (χ4v) is 1.64. The first-order valence-electron chi connectivity index (χ1n) is 5.14. The molecule has 0 aliphatic carbocycles. The average Bonchev–Trinajstić information content (AvgIpc) is 2.17. The van der Waals surface area contributed by atoms with E-state index in [4.69, 9.17) is 16.3 Å². The number of aryl methyl sites for hydroxylation is 1. The average molecular weight is 228 g/mol. The Morgan fingerprint density at radius 2 is 2.20 bits per heavy atom. The monoisotopic (exact) mass is 227 g/mol. The fraction of sp³-hybridized carbons (Fsp3) is 0.500. The van der Waals surface area contributed by atoms with Crippen LogP contribution in [0.4, 0.5) is 0 Å². The van der Waals surface area contributed by atoms with Crippen LogP contribution in [-0.4, -0.2) is 19.7 Å². The Kier molecular flexibility index (Phi) is 5.09. The Morgan fingerprint density at radius 1 is 1.47 bits per heavy atom. The van der Waals surface area contributed by atoms with Crippen molar-refractivity contribution in [1.82, 2.24) is 5.32 Å². The van der Waals surface area contributed by atoms with Gasteiger partial charge in [-0.05, 0) is 38.1 Å². The summed E-state index contributed by atoms with van der Waals surface area (Å²) in [5.41, 5.74) is 2.22. The summed E-state index contributed by atoms with van der Waals surface area (Å²) in [4.78, 5) is 0. The van der Waals surface area contributed by atoms with E-state index in [-0.39, 0.29) is 6.10 Å². The third kappa shape index (κ3) is 4.20. The molecule has 0 saturated heterocycles. The molecule has 0 fully saturated rings. The second-order valence-corrected chi connectivity index (χ2v) is 4.18. The second-order valence-electron chi connectivity index (χ2n) is 3.77. The molecule has 1 unspecified atom stereocenters. The Balaban J connectivity index is 2.50. The minimum absolute atomic E-state index is 0.201. The van der Waals surface area contributed by atoms with Gasteiger partial charge in [0.2, 0.25) is 0 Å². The molecule has 0 aliphatic heterocycles. The van der Waals surface area contributed by atoms with Gasteiger partial charge >= 0.3 is 0 Å². The lowest BCUT2D eigenvalue weighted by molar-refractivity contribution is 0.0545. The highest BCUT2D eigenvalue weighted by atomic mass is 35.5. The third-order valence-electron chi connectivity index (χ3n) is 2.22. The Hall–Kier alpha value is -0.570. The van der Waals surface area contributed by atoms with Crippen molar-refractivity contribution in [1.29, 1.82) is 0 Å². The molecule has 0 aromatic heterocycles. The molecule has 1 aromatic rings. The lowest BCUT2D eigenvalue weighted by Crippen LogP contribution is -2.23. The molecule has 2 nitrogen and oxygen atoms in total. The molecule has 1 rings (SSSR count). The summed E-state index contributed by atoms with van der Waals surface area (Å²) in [5, 5.41) is 3.85. The molecule has 0 bridgehead atoms. The van der Waals surface area contributed by atoms with E-state index in [9.17, 15) is 0 Å². The van der Waals surface area contributed by atoms with Gasteiger partial charge in [0.1, 0.15) is 0 Å². The van der Waals surface area contributed by atoms with Crippen LogP contribution in [0.15, 0.2) is 18.2 Å². The normalized spacial score (nSPS) is 12.8. The minimum atomic E-state index is 0.201. The van der Waals surface area contributed by atoms with Gasteiger partial charge in [-0.25, -0.2) is 0 Å². The summed E-state index contributed by atoms with van der Waals surface area (Å²) in [7, 11) is 1.92. The number of ether oxygens (including phenoxy) is 1. The van der Waals surface area contributed by atoms with Crippen molar-refractivity contribution in [3.8, 4) is 0 Å². The molecule has 0 spiro atoms. The molecule has 1 atom stereocenters. The van der Waals surface area contributed by atoms with E-state index in [0.717, 1.165) is 17.1 Å². The van der Waals surface area contributed by atoms with E-state index in [0.29, 0.717) is 6.61 Å². The number of hydrogen-bond acceptors (Lipinski definition) is 2. The number of benzene rings is 1. The second kappa shape index (κ2) is 6.11. The lowest BCUT2D eigenvalue weighted by Gasteiger charge is -2.13. The van der Waals surface area contributed by atoms with Gasteiger partial charge in [-0.15, -0.1) is 0 Å². The molecule has 1 aromatic carbocycles. The first kappa shape index (κ1) is 12.5. The fourth-order valence-electron chi connectivity index (χ4n) is 1.35. The summed E-state index contributed by atoms with van der Waals surface area (Å²) in [5.74, 6) is 0. The summed E-state index contributed by atoms with van der Waals surface area (Å²) < 4.78 is 5.64. The van der Waals surface area contributed by atoms with E-state index in [1.807, 2.05) is 39.1 Å². The van der Waals surface area contributed by atoms with Crippen LogP contribution in [0.1, 0.15) is 18.1 Å². The first-order valence-corrected chi connectivity index (χ1v) is 5.52. The Morgan fingerprint density at radius 3 is 2.80 bits per heavy atom. The number of rotatable bonds is 5. The standard InChI is InChI=1S/C12H18ClNO/c1-9-4-5-11(12(13)6-9)8-15-10(2)7-14-3/h4-6,10,14H,7-8H2,1-3H3. The summed E-state index contributed by atoms with van der Waals surface area (Å²) in [6.07, 6.45) is 0.201. The van der Waals surface area contributed by atoms with Crippen LogP contribution >= 0.6 is 11.6 Å². The van der Waals surface area contributed by atoms with Crippen LogP contribution < -0.4 is 5.32 Å². The molecule has 1 N–H and O–H groups in total. The lowest BCUT2D eigenvalue weighted by atomic mass is 10.1. The maximum atomic E-state index is 6.09. The van der Waals surface area contributed by atoms with Gasteiger partial charge in [-0.3, -0.25) is 0 Å². The van der Waals surface area contributed by atoms with Crippen molar-refractivity contribution in [2.45, 2.75) is 26.6 Å².